The number of carboxylic acids is 1. The first-order valence-corrected chi connectivity index (χ1v) is 17.1. The van der Waals surface area contributed by atoms with Crippen LogP contribution in [0.15, 0.2) is 66.7 Å². The van der Waals surface area contributed by atoms with Crippen LogP contribution in [-0.4, -0.2) is 47.8 Å². The van der Waals surface area contributed by atoms with E-state index in [2.05, 4.69) is 32.9 Å². The summed E-state index contributed by atoms with van der Waals surface area (Å²) in [6, 6.07) is 21.2. The van der Waals surface area contributed by atoms with Crippen molar-refractivity contribution >= 4 is 84.9 Å². The summed E-state index contributed by atoms with van der Waals surface area (Å²) in [5, 5.41) is 20.9. The summed E-state index contributed by atoms with van der Waals surface area (Å²) in [5.74, 6) is -0.303. The van der Waals surface area contributed by atoms with Gasteiger partial charge in [0.15, 0.2) is 18.2 Å². The third kappa shape index (κ3) is 5.70. The van der Waals surface area contributed by atoms with Gasteiger partial charge < -0.3 is 34.8 Å². The van der Waals surface area contributed by atoms with Crippen molar-refractivity contribution in [1.29, 1.82) is 0 Å². The van der Waals surface area contributed by atoms with Crippen molar-refractivity contribution in [2.75, 3.05) is 6.61 Å². The van der Waals surface area contributed by atoms with Gasteiger partial charge in [-0.1, -0.05) is 109 Å². The molecule has 0 spiro atoms. The summed E-state index contributed by atoms with van der Waals surface area (Å²) >= 11 is 20.5. The van der Waals surface area contributed by atoms with Crippen molar-refractivity contribution < 1.29 is 38.9 Å². The second-order valence-corrected chi connectivity index (χ2v) is 14.3. The summed E-state index contributed by atoms with van der Waals surface area (Å²) in [6.07, 6.45) is 0. The minimum absolute atomic E-state index is 0. The summed E-state index contributed by atoms with van der Waals surface area (Å²) < 4.78 is 5.50. The number of hydrogen-bond donors (Lipinski definition) is 1. The number of para-hydroxylation sites is 1. The predicted molar refractivity (Wildman–Crippen MR) is 197 cm³/mol. The van der Waals surface area contributed by atoms with Crippen molar-refractivity contribution in [2.45, 2.75) is 26.2 Å². The maximum atomic E-state index is 11.4. The van der Waals surface area contributed by atoms with Crippen molar-refractivity contribution in [2.24, 2.45) is 0 Å². The number of carboxylic acid groups (broad SMARTS) is 1. The number of ether oxygens (including phenoxy) is 1. The molecule has 3 aromatic heterocycles. The number of hydrogen-bond acceptors (Lipinski definition) is 8. The average molecular weight is 813 g/mol. The fourth-order valence-electron chi connectivity index (χ4n) is 6.32. The van der Waals surface area contributed by atoms with Gasteiger partial charge >= 0.3 is 25.4 Å². The van der Waals surface area contributed by atoms with Crippen molar-refractivity contribution in [3.8, 4) is 45.6 Å². The second-order valence-electron chi connectivity index (χ2n) is 13.2. The molecule has 8 bridgehead atoms. The Morgan fingerprint density at radius 2 is 1.32 bits per heavy atom. The molecule has 0 radical (unpaired) electrons. The van der Waals surface area contributed by atoms with Crippen LogP contribution in [0.1, 0.15) is 26.3 Å². The van der Waals surface area contributed by atoms with E-state index < -0.39 is 12.6 Å². The molecule has 53 heavy (non-hydrogen) atoms. The van der Waals surface area contributed by atoms with Gasteiger partial charge in [0.25, 0.3) is 5.69 Å². The van der Waals surface area contributed by atoms with Crippen LogP contribution in [0, 0.1) is 0 Å². The Bertz CT molecular complexity index is 2890. The number of rotatable bonds is 3. The van der Waals surface area contributed by atoms with Crippen molar-refractivity contribution in [3.05, 3.63) is 87.4 Å². The van der Waals surface area contributed by atoms with Gasteiger partial charge in [0.2, 0.25) is 0 Å². The normalized spacial score (nSPS) is 12.0. The van der Waals surface area contributed by atoms with Gasteiger partial charge in [-0.15, -0.1) is 0 Å². The van der Waals surface area contributed by atoms with Crippen LogP contribution in [0.2, 0.25) is 15.1 Å². The molecule has 0 fully saturated rings. The fourth-order valence-corrected chi connectivity index (χ4v) is 7.20. The third-order valence-electron chi connectivity index (χ3n) is 8.85. The standard InChI is InChI=1S/C37H24Cl3N9O3.Zn/c1-37(2,3)16-12-13-19-21(14-16)33-43-32(19)42-30-17-8-4-5-9-18(17)31(41-30)45-35-24-25(27(39)29(28(40)26(24)38)52-15-23(50)51)36(46-35)48-49-22-11-7-6-10-20(22)34(44-33)47-49;/h4-14H,15H2,1-3H3,(H2,41,42,43,44,45,46,47,48,50,51);/q;+2/p-1. The molecular weight excluding hydrogens is 790 g/mol. The average Bonchev–Trinajstić information content (AvgIpc) is 3.85. The molecule has 12 nitrogen and oxygen atoms in total. The van der Waals surface area contributed by atoms with E-state index in [4.69, 9.17) is 79.6 Å². The number of fused-ring (bicyclic) bond motifs is 20. The van der Waals surface area contributed by atoms with E-state index in [1.54, 1.807) is 0 Å². The Morgan fingerprint density at radius 1 is 0.717 bits per heavy atom. The van der Waals surface area contributed by atoms with E-state index in [0.29, 0.717) is 45.6 Å². The maximum Gasteiger partial charge on any atom is 2.00 e. The molecule has 0 saturated carbocycles. The Morgan fingerprint density at radius 3 is 2.02 bits per heavy atom. The topological polar surface area (TPSA) is 156 Å². The zero-order chi connectivity index (χ0) is 36.1. The molecule has 0 atom stereocenters. The van der Waals surface area contributed by atoms with E-state index in [1.165, 1.54) is 4.80 Å². The van der Waals surface area contributed by atoms with E-state index in [0.717, 1.165) is 21.9 Å². The number of benzene rings is 4. The molecule has 4 aromatic carbocycles. The zero-order valence-electron chi connectivity index (χ0n) is 28.2. The smallest absolute Gasteiger partial charge is 0.479 e. The Kier molecular flexibility index (Phi) is 8.45. The van der Waals surface area contributed by atoms with Crippen LogP contribution in [0.4, 0.5) is 0 Å². The minimum atomic E-state index is -1.23. The molecule has 16 heteroatoms. The van der Waals surface area contributed by atoms with Gasteiger partial charge in [-0.3, -0.25) is 0 Å². The van der Waals surface area contributed by atoms with Gasteiger partial charge in [0, 0.05) is 54.8 Å². The van der Waals surface area contributed by atoms with Gasteiger partial charge in [-0.2, -0.15) is 0 Å². The predicted octanol–water partition coefficient (Wildman–Crippen LogP) is 7.46. The van der Waals surface area contributed by atoms with Gasteiger partial charge in [-0.25, -0.2) is 9.78 Å². The Labute approximate surface area is 327 Å². The molecule has 5 heterocycles. The monoisotopic (exact) mass is 810 g/mol. The van der Waals surface area contributed by atoms with Crippen molar-refractivity contribution in [3.63, 3.8) is 0 Å². The maximum absolute atomic E-state index is 11.4. The molecule has 0 amide bonds. The number of halogens is 3. The quantitative estimate of drug-likeness (QED) is 0.107. The van der Waals surface area contributed by atoms with Crippen molar-refractivity contribution in [1.82, 2.24) is 40.1 Å². The number of aromatic nitrogens is 9. The molecule has 9 rings (SSSR count). The molecule has 0 unspecified atom stereocenters. The van der Waals surface area contributed by atoms with Gasteiger partial charge in [0.05, 0.1) is 32.9 Å². The fraction of sp³-hybridized carbons (Fsp3) is 0.135. The zero-order valence-corrected chi connectivity index (χ0v) is 33.4. The van der Waals surface area contributed by atoms with Crippen LogP contribution in [-0.2, 0) is 29.7 Å². The summed E-state index contributed by atoms with van der Waals surface area (Å²) in [4.78, 5) is 42.3. The first kappa shape index (κ1) is 35.0. The molecule has 256 valence electrons. The van der Waals surface area contributed by atoms with E-state index in [9.17, 15) is 9.90 Å². The molecule has 2 aliphatic heterocycles. The molecule has 0 aliphatic carbocycles. The summed E-state index contributed by atoms with van der Waals surface area (Å²) in [5.41, 5.74) is 4.79. The third-order valence-corrected chi connectivity index (χ3v) is 10.0. The second kappa shape index (κ2) is 12.8. The van der Waals surface area contributed by atoms with Crippen LogP contribution in [0.5, 0.6) is 5.75 Å². The van der Waals surface area contributed by atoms with E-state index in [1.807, 2.05) is 54.6 Å². The molecule has 0 saturated heterocycles. The largest absolute Gasteiger partial charge is 2.00 e. The first-order valence-electron chi connectivity index (χ1n) is 16.0. The van der Waals surface area contributed by atoms with Gasteiger partial charge in [0.1, 0.15) is 5.02 Å². The molecule has 7 aromatic rings. The Balaban J connectivity index is 0.00000400. The van der Waals surface area contributed by atoms with E-state index >= 15 is 0 Å². The molecular formula is C37H23Cl3N9O3Zn+. The number of nitrogens with zero attached hydrogens (tertiary/aromatic N) is 9. The molecule has 2 aliphatic rings. The summed E-state index contributed by atoms with van der Waals surface area (Å²) in [6.45, 7) is 5.73. The van der Waals surface area contributed by atoms with Crippen LogP contribution in [0.25, 0.3) is 84.0 Å². The van der Waals surface area contributed by atoms with Crippen LogP contribution >= 0.6 is 34.8 Å². The first-order chi connectivity index (χ1) is 25.0. The number of aliphatic carboxylic acids is 1. The summed E-state index contributed by atoms with van der Waals surface area (Å²) in [7, 11) is 0. The van der Waals surface area contributed by atoms with E-state index in [-0.39, 0.29) is 67.8 Å². The minimum Gasteiger partial charge on any atom is -0.479 e. The SMILES string of the molecule is CC(C)(C)c1ccc2c3nc4nc(nc5[n-]c(n[n+]6nc(nc([n-]3)c2c1)-c1ccccc1-6)c1c(Cl)c(OCC(=O)O)c(Cl)c(Cl)c51)-c1ccccc1-4.[Zn+2]. The number of carbonyl (C=O) groups is 1. The van der Waals surface area contributed by atoms with Crippen LogP contribution < -0.4 is 19.5 Å². The van der Waals surface area contributed by atoms with Crippen LogP contribution in [0.3, 0.4) is 0 Å². The Hall–Kier alpha value is -5.07. The molecule has 1 N–H and O–H groups in total. The van der Waals surface area contributed by atoms with Gasteiger partial charge in [-0.05, 0) is 33.9 Å².